The largest absolute Gasteiger partial charge is 0.370 e. The highest BCUT2D eigenvalue weighted by molar-refractivity contribution is 6.31. The monoisotopic (exact) mass is 450 g/mol. The van der Waals surface area contributed by atoms with Gasteiger partial charge in [-0.2, -0.15) is 5.26 Å². The Balaban J connectivity index is 1.40. The van der Waals surface area contributed by atoms with Crippen LogP contribution in [0.2, 0.25) is 5.02 Å². The molecule has 0 aliphatic carbocycles. The van der Waals surface area contributed by atoms with Crippen molar-refractivity contribution in [3.8, 4) is 6.07 Å². The molecular weight excluding hydrogens is 420 g/mol. The second-order valence-electron chi connectivity index (χ2n) is 8.93. The molecule has 1 amide bonds. The van der Waals surface area contributed by atoms with Gasteiger partial charge in [0, 0.05) is 23.7 Å². The molecular formula is C26H31ClN4O. The van der Waals surface area contributed by atoms with E-state index in [9.17, 15) is 10.1 Å². The van der Waals surface area contributed by atoms with Crippen molar-refractivity contribution in [2.24, 2.45) is 5.92 Å². The molecule has 168 valence electrons. The van der Waals surface area contributed by atoms with Gasteiger partial charge in [-0.25, -0.2) is 0 Å². The van der Waals surface area contributed by atoms with E-state index < -0.39 is 0 Å². The molecule has 0 radical (unpaired) electrons. The van der Waals surface area contributed by atoms with Gasteiger partial charge in [0.15, 0.2) is 0 Å². The molecule has 0 atom stereocenters. The lowest BCUT2D eigenvalue weighted by molar-refractivity contribution is 0.102. The molecule has 4 rings (SSSR count). The summed E-state index contributed by atoms with van der Waals surface area (Å²) in [4.78, 5) is 17.8. The lowest BCUT2D eigenvalue weighted by Crippen LogP contribution is -2.36. The summed E-state index contributed by atoms with van der Waals surface area (Å²) < 4.78 is 0. The van der Waals surface area contributed by atoms with Gasteiger partial charge in [0.2, 0.25) is 0 Å². The van der Waals surface area contributed by atoms with Crippen molar-refractivity contribution < 1.29 is 4.79 Å². The van der Waals surface area contributed by atoms with Gasteiger partial charge in [-0.1, -0.05) is 24.1 Å². The molecule has 0 aromatic heterocycles. The maximum absolute atomic E-state index is 12.8. The van der Waals surface area contributed by atoms with Crippen molar-refractivity contribution in [1.82, 2.24) is 4.90 Å². The van der Waals surface area contributed by atoms with Crippen molar-refractivity contribution in [1.29, 1.82) is 5.26 Å². The number of nitriles is 1. The maximum Gasteiger partial charge on any atom is 0.255 e. The summed E-state index contributed by atoms with van der Waals surface area (Å²) in [6, 6.07) is 14.6. The Morgan fingerprint density at radius 3 is 2.56 bits per heavy atom. The fourth-order valence-electron chi connectivity index (χ4n) is 4.82. The van der Waals surface area contributed by atoms with E-state index in [2.05, 4.69) is 21.2 Å². The number of carbonyl (C=O) groups is 1. The number of piperidine rings is 2. The Kier molecular flexibility index (Phi) is 7.68. The third kappa shape index (κ3) is 5.82. The van der Waals surface area contributed by atoms with Crippen LogP contribution in [-0.4, -0.2) is 43.5 Å². The summed E-state index contributed by atoms with van der Waals surface area (Å²) >= 11 is 6.05. The van der Waals surface area contributed by atoms with Gasteiger partial charge in [0.05, 0.1) is 23.0 Å². The summed E-state index contributed by atoms with van der Waals surface area (Å²) in [7, 11) is 0. The van der Waals surface area contributed by atoms with E-state index in [1.807, 2.05) is 12.1 Å². The first-order valence-electron chi connectivity index (χ1n) is 11.7. The Morgan fingerprint density at radius 1 is 1.06 bits per heavy atom. The normalized spacial score (nSPS) is 17.7. The van der Waals surface area contributed by atoms with Crippen LogP contribution in [0.3, 0.4) is 0 Å². The molecule has 2 saturated heterocycles. The van der Waals surface area contributed by atoms with Crippen LogP contribution in [0.1, 0.15) is 54.4 Å². The first-order chi connectivity index (χ1) is 15.6. The first-order valence-corrected chi connectivity index (χ1v) is 12.1. The van der Waals surface area contributed by atoms with E-state index >= 15 is 0 Å². The molecule has 2 fully saturated rings. The highest BCUT2D eigenvalue weighted by Crippen LogP contribution is 2.32. The molecule has 0 unspecified atom stereocenters. The molecule has 5 nitrogen and oxygen atoms in total. The van der Waals surface area contributed by atoms with Crippen molar-refractivity contribution in [2.75, 3.05) is 42.9 Å². The Labute approximate surface area is 196 Å². The average Bonchev–Trinajstić information content (AvgIpc) is 2.84. The number of hydrogen-bond donors (Lipinski definition) is 1. The third-order valence-corrected chi connectivity index (χ3v) is 6.95. The lowest BCUT2D eigenvalue weighted by atomic mass is 9.92. The molecule has 2 aliphatic rings. The van der Waals surface area contributed by atoms with E-state index in [1.54, 1.807) is 30.3 Å². The number of nitrogens with one attached hydrogen (secondary N) is 1. The van der Waals surface area contributed by atoms with Gasteiger partial charge in [0.1, 0.15) is 0 Å². The fourth-order valence-corrected chi connectivity index (χ4v) is 5.01. The van der Waals surface area contributed by atoms with E-state index in [0.717, 1.165) is 37.5 Å². The van der Waals surface area contributed by atoms with Crippen molar-refractivity contribution >= 4 is 28.9 Å². The third-order valence-electron chi connectivity index (χ3n) is 6.72. The summed E-state index contributed by atoms with van der Waals surface area (Å²) in [5, 5.41) is 12.9. The number of amides is 1. The second-order valence-corrected chi connectivity index (χ2v) is 9.37. The van der Waals surface area contributed by atoms with E-state index in [1.165, 1.54) is 45.3 Å². The lowest BCUT2D eigenvalue weighted by Gasteiger charge is -2.36. The van der Waals surface area contributed by atoms with Gasteiger partial charge < -0.3 is 15.1 Å². The second kappa shape index (κ2) is 10.8. The van der Waals surface area contributed by atoms with Crippen LogP contribution in [0.25, 0.3) is 0 Å². The number of anilines is 2. The van der Waals surface area contributed by atoms with Gasteiger partial charge >= 0.3 is 0 Å². The molecule has 0 bridgehead atoms. The average molecular weight is 451 g/mol. The minimum atomic E-state index is -0.222. The van der Waals surface area contributed by atoms with Crippen molar-refractivity contribution in [3.05, 3.63) is 58.6 Å². The predicted molar refractivity (Wildman–Crippen MR) is 130 cm³/mol. The molecule has 2 heterocycles. The van der Waals surface area contributed by atoms with Crippen LogP contribution in [0.4, 0.5) is 11.4 Å². The molecule has 1 N–H and O–H groups in total. The minimum Gasteiger partial charge on any atom is -0.370 e. The number of halogens is 1. The number of rotatable bonds is 6. The fraction of sp³-hybridized carbons (Fsp3) is 0.462. The van der Waals surface area contributed by atoms with E-state index in [-0.39, 0.29) is 5.91 Å². The number of benzene rings is 2. The van der Waals surface area contributed by atoms with Gasteiger partial charge in [-0.3, -0.25) is 4.79 Å². The quantitative estimate of drug-likeness (QED) is 0.626. The van der Waals surface area contributed by atoms with Crippen LogP contribution in [0, 0.1) is 17.2 Å². The molecule has 2 aromatic rings. The summed E-state index contributed by atoms with van der Waals surface area (Å²) in [5.41, 5.74) is 2.70. The zero-order chi connectivity index (χ0) is 22.3. The Hall–Kier alpha value is -2.55. The van der Waals surface area contributed by atoms with Crippen LogP contribution in [-0.2, 0) is 0 Å². The predicted octanol–water partition coefficient (Wildman–Crippen LogP) is 5.56. The molecule has 2 aliphatic heterocycles. The van der Waals surface area contributed by atoms with Gasteiger partial charge in [-0.15, -0.1) is 0 Å². The highest BCUT2D eigenvalue weighted by Gasteiger charge is 2.23. The SMILES string of the molecule is N#Cc1ccc(N2CCC(CCN3CCCCC3)CC2)c(NC(=O)c2cccc(Cl)c2)c1. The van der Waals surface area contributed by atoms with Crippen LogP contribution >= 0.6 is 11.6 Å². The summed E-state index contributed by atoms with van der Waals surface area (Å²) in [6.45, 7) is 5.69. The van der Waals surface area contributed by atoms with E-state index in [0.29, 0.717) is 21.8 Å². The van der Waals surface area contributed by atoms with Crippen LogP contribution in [0.5, 0.6) is 0 Å². The number of hydrogen-bond acceptors (Lipinski definition) is 4. The summed E-state index contributed by atoms with van der Waals surface area (Å²) in [5.74, 6) is 0.538. The standard InChI is InChI=1S/C26H31ClN4O/c27-23-6-4-5-22(18-23)26(32)29-24-17-21(19-28)7-8-25(24)31-15-10-20(11-16-31)9-14-30-12-2-1-3-13-30/h4-8,17-18,20H,1-3,9-16H2,(H,29,32). The van der Waals surface area contributed by atoms with Crippen molar-refractivity contribution in [3.63, 3.8) is 0 Å². The molecule has 6 heteroatoms. The number of likely N-dealkylation sites (tertiary alicyclic amines) is 1. The topological polar surface area (TPSA) is 59.4 Å². The molecule has 32 heavy (non-hydrogen) atoms. The maximum atomic E-state index is 12.8. The number of nitrogens with zero attached hydrogens (tertiary/aromatic N) is 3. The van der Waals surface area contributed by atoms with Gasteiger partial charge in [0.25, 0.3) is 5.91 Å². The van der Waals surface area contributed by atoms with Crippen LogP contribution in [0.15, 0.2) is 42.5 Å². The molecule has 0 spiro atoms. The highest BCUT2D eigenvalue weighted by atomic mass is 35.5. The molecule has 2 aromatic carbocycles. The zero-order valence-electron chi connectivity index (χ0n) is 18.5. The minimum absolute atomic E-state index is 0.222. The Morgan fingerprint density at radius 2 is 1.84 bits per heavy atom. The number of carbonyl (C=O) groups excluding carboxylic acids is 1. The Bertz CT molecular complexity index is 972. The van der Waals surface area contributed by atoms with E-state index in [4.69, 9.17) is 11.6 Å². The summed E-state index contributed by atoms with van der Waals surface area (Å²) in [6.07, 6.45) is 7.68. The molecule has 0 saturated carbocycles. The smallest absolute Gasteiger partial charge is 0.255 e. The first kappa shape index (κ1) is 22.6. The van der Waals surface area contributed by atoms with Crippen molar-refractivity contribution in [2.45, 2.75) is 38.5 Å². The van der Waals surface area contributed by atoms with Crippen LogP contribution < -0.4 is 10.2 Å². The zero-order valence-corrected chi connectivity index (χ0v) is 19.3. The van der Waals surface area contributed by atoms with Gasteiger partial charge in [-0.05, 0) is 94.1 Å².